The maximum atomic E-state index is 12.7. The van der Waals surface area contributed by atoms with E-state index in [0.717, 1.165) is 24.2 Å². The van der Waals surface area contributed by atoms with Gasteiger partial charge >= 0.3 is 88.7 Å². The second kappa shape index (κ2) is 24.9. The third-order valence-electron chi connectivity index (χ3n) is 8.11. The minimum absolute atomic E-state index is 0. The van der Waals surface area contributed by atoms with Crippen LogP contribution < -0.4 is 110 Å². The molecule has 6 aromatic carbocycles. The van der Waals surface area contributed by atoms with Gasteiger partial charge in [0.2, 0.25) is 0 Å². The summed E-state index contributed by atoms with van der Waals surface area (Å²) in [5.41, 5.74) is 3.83. The molecular formula is C38H26N7Na3O11S2. The zero-order chi connectivity index (χ0) is 41.2. The molecule has 0 aliphatic heterocycles. The third-order valence-corrected chi connectivity index (χ3v) is 9.31. The number of carboxylic acid groups (broad SMARTS) is 1. The summed E-state index contributed by atoms with van der Waals surface area (Å²) in [6, 6.07) is 26.5. The van der Waals surface area contributed by atoms with Crippen LogP contribution in [0.1, 0.15) is 31.8 Å². The van der Waals surface area contributed by atoms with E-state index < -0.39 is 17.3 Å². The molecule has 0 aliphatic rings. The molecule has 6 aromatic rings. The Bertz CT molecular complexity index is 2590. The van der Waals surface area contributed by atoms with Gasteiger partial charge in [-0.05, 0) is 133 Å². The van der Waals surface area contributed by atoms with Crippen LogP contribution in [0.4, 0.5) is 39.8 Å². The molecule has 0 saturated heterocycles. The van der Waals surface area contributed by atoms with Gasteiger partial charge in [-0.3, -0.25) is 14.9 Å². The molecule has 18 nitrogen and oxygen atoms in total. The molecule has 0 aliphatic carbocycles. The fourth-order valence-electron chi connectivity index (χ4n) is 5.22. The van der Waals surface area contributed by atoms with Crippen molar-refractivity contribution in [2.75, 3.05) is 5.32 Å². The number of benzene rings is 6. The van der Waals surface area contributed by atoms with Crippen LogP contribution in [-0.2, 0) is 18.7 Å². The summed E-state index contributed by atoms with van der Waals surface area (Å²) in [7, 11) is 0. The molecule has 0 bridgehead atoms. The Morgan fingerprint density at radius 2 is 1.20 bits per heavy atom. The van der Waals surface area contributed by atoms with Crippen LogP contribution >= 0.6 is 24.1 Å². The Hall–Kier alpha value is -3.62. The van der Waals surface area contributed by atoms with Crippen molar-refractivity contribution in [2.24, 2.45) is 30.7 Å². The van der Waals surface area contributed by atoms with E-state index >= 15 is 0 Å². The number of aromatic carboxylic acids is 1. The number of nitrogens with zero attached hydrogens (tertiary/aromatic N) is 6. The fourth-order valence-corrected chi connectivity index (χ4v) is 6.07. The molecule has 0 fully saturated rings. The summed E-state index contributed by atoms with van der Waals surface area (Å²) in [6.07, 6.45) is 0. The van der Waals surface area contributed by atoms with Gasteiger partial charge in [0.15, 0.2) is 5.75 Å². The van der Waals surface area contributed by atoms with Crippen molar-refractivity contribution in [3.63, 3.8) is 0 Å². The molecule has 23 heteroatoms. The molecule has 0 atom stereocenters. The van der Waals surface area contributed by atoms with Crippen molar-refractivity contribution < 1.29 is 143 Å². The van der Waals surface area contributed by atoms with Crippen LogP contribution in [0, 0.1) is 13.8 Å². The Balaban J connectivity index is 0.00000331. The Kier molecular flexibility index (Phi) is 21.1. The number of fused-ring (bicyclic) bond motifs is 1. The van der Waals surface area contributed by atoms with Gasteiger partial charge in [-0.15, -0.1) is 5.11 Å². The number of carboxylic acids is 1. The van der Waals surface area contributed by atoms with E-state index in [4.69, 9.17) is 0 Å². The van der Waals surface area contributed by atoms with Gasteiger partial charge in [0, 0.05) is 27.1 Å². The molecule has 3 N–H and O–H groups in total. The van der Waals surface area contributed by atoms with Gasteiger partial charge in [-0.2, -0.15) is 34.2 Å². The predicted molar refractivity (Wildman–Crippen MR) is 203 cm³/mol. The number of nitrogens with one attached hydrogen (secondary N) is 1. The number of rotatable bonds is 15. The number of hydrogen-bond acceptors (Lipinski definition) is 19. The smallest absolute Gasteiger partial charge is 0.691 e. The molecule has 0 aromatic heterocycles. The number of azo groups is 3. The van der Waals surface area contributed by atoms with Gasteiger partial charge in [0.05, 0.1) is 63.4 Å². The first-order chi connectivity index (χ1) is 28.0. The van der Waals surface area contributed by atoms with Crippen molar-refractivity contribution in [2.45, 2.75) is 23.6 Å². The van der Waals surface area contributed by atoms with E-state index in [2.05, 4.69) is 54.7 Å². The Morgan fingerprint density at radius 3 is 1.82 bits per heavy atom. The van der Waals surface area contributed by atoms with E-state index in [0.29, 0.717) is 72.8 Å². The van der Waals surface area contributed by atoms with Crippen molar-refractivity contribution in [1.82, 2.24) is 0 Å². The summed E-state index contributed by atoms with van der Waals surface area (Å²) < 4.78 is 8.82. The second-order valence-electron chi connectivity index (χ2n) is 12.0. The SMILES string of the molecule is Cc1cc(N=Nc2c(SOO[O-])cc3cc(N=Nc4ccc(O)c(C(=O)[O-])c4)ccc3c2O)c(C)cc1N=Nc1ccc(C(=O)Nc2ccc(SOO[O-])cc2)cc1.[Na+].[Na+].[Na+]. The van der Waals surface area contributed by atoms with Gasteiger partial charge in [-0.1, -0.05) is 0 Å². The maximum Gasteiger partial charge on any atom is 1.00 e. The minimum Gasteiger partial charge on any atom is -0.691 e. The van der Waals surface area contributed by atoms with Crippen LogP contribution in [0.25, 0.3) is 10.8 Å². The van der Waals surface area contributed by atoms with Gasteiger partial charge in [0.1, 0.15) is 11.4 Å². The van der Waals surface area contributed by atoms with Crippen molar-refractivity contribution >= 4 is 86.5 Å². The number of carbonyl (C=O) groups excluding carboxylic acids is 2. The number of aromatic hydroxyl groups is 2. The normalized spacial score (nSPS) is 11.1. The summed E-state index contributed by atoms with van der Waals surface area (Å²) in [4.78, 5) is 24.7. The average Bonchev–Trinajstić information content (AvgIpc) is 3.22. The maximum absolute atomic E-state index is 12.7. The number of amides is 1. The van der Waals surface area contributed by atoms with Crippen molar-refractivity contribution in [3.05, 3.63) is 125 Å². The van der Waals surface area contributed by atoms with Gasteiger partial charge in [-0.25, -0.2) is 0 Å². The Morgan fingerprint density at radius 1 is 0.639 bits per heavy atom. The molecule has 0 spiro atoms. The first kappa shape index (κ1) is 51.7. The molecule has 0 unspecified atom stereocenters. The predicted octanol–water partition coefficient (Wildman–Crippen LogP) is -0.797. The van der Waals surface area contributed by atoms with E-state index in [1.165, 1.54) is 6.07 Å². The summed E-state index contributed by atoms with van der Waals surface area (Å²) in [5, 5.41) is 88.8. The molecule has 0 heterocycles. The molecule has 294 valence electrons. The molecular weight excluding hydrogens is 864 g/mol. The zero-order valence-electron chi connectivity index (χ0n) is 32.9. The first-order valence-electron chi connectivity index (χ1n) is 16.5. The summed E-state index contributed by atoms with van der Waals surface area (Å²) in [5.74, 6) is -2.67. The number of hydrogen-bond donors (Lipinski definition) is 3. The molecule has 0 saturated carbocycles. The van der Waals surface area contributed by atoms with Crippen LogP contribution in [-0.4, -0.2) is 22.1 Å². The molecule has 0 radical (unpaired) electrons. The Labute approximate surface area is 421 Å². The molecule has 1 amide bonds. The van der Waals surface area contributed by atoms with Crippen LogP contribution in [0.2, 0.25) is 0 Å². The van der Waals surface area contributed by atoms with Crippen LogP contribution in [0.15, 0.2) is 144 Å². The number of phenolic OH excluding ortho intramolecular Hbond substituents is 1. The van der Waals surface area contributed by atoms with Crippen molar-refractivity contribution in [3.8, 4) is 11.5 Å². The fraction of sp³-hybridized carbons (Fsp3) is 0.0526. The third kappa shape index (κ3) is 13.9. The van der Waals surface area contributed by atoms with E-state index in [-0.39, 0.29) is 117 Å². The summed E-state index contributed by atoms with van der Waals surface area (Å²) in [6.45, 7) is 3.60. The van der Waals surface area contributed by atoms with E-state index in [1.54, 1.807) is 91.9 Å². The molecule has 61 heavy (non-hydrogen) atoms. The van der Waals surface area contributed by atoms with Gasteiger partial charge in [0.25, 0.3) is 5.91 Å². The molecule has 6 rings (SSSR count). The summed E-state index contributed by atoms with van der Waals surface area (Å²) >= 11 is 1.24. The standard InChI is InChI=1S/C38H29N7O11S2.3Na/c1-20-16-32(21(2)15-31(20)43-40-25-5-3-22(4-6-25)37(48)39-24-7-11-28(12-8-24)57-55-53-51)44-45-35-34(58-56-54-52)18-23-17-26(9-13-29(23)36(35)47)41-42-27-10-14-33(46)30(19-27)38(49)50;;;/h3-19,46-47,51-52H,1-2H3,(H,39,48)(H,49,50);;;/q;3*+1/p-3. The van der Waals surface area contributed by atoms with Crippen LogP contribution in [0.5, 0.6) is 11.5 Å². The van der Waals surface area contributed by atoms with Crippen molar-refractivity contribution in [1.29, 1.82) is 0 Å². The zero-order valence-corrected chi connectivity index (χ0v) is 40.5. The largest absolute Gasteiger partial charge is 1.00 e. The second-order valence-corrected chi connectivity index (χ2v) is 13.5. The topological polar surface area (TPSA) is 267 Å². The van der Waals surface area contributed by atoms with E-state index in [9.17, 15) is 35.4 Å². The number of anilines is 1. The average molecular weight is 890 g/mol. The quantitative estimate of drug-likeness (QED) is 0.0376. The number of aryl methyl sites for hydroxylation is 2. The van der Waals surface area contributed by atoms with Gasteiger partial charge < -0.3 is 35.9 Å². The monoisotopic (exact) mass is 889 g/mol. The number of carbonyl (C=O) groups is 2. The number of phenols is 2. The minimum atomic E-state index is -1.57. The first-order valence-corrected chi connectivity index (χ1v) is 18.0. The van der Waals surface area contributed by atoms with Crippen LogP contribution in [0.3, 0.4) is 0 Å². The van der Waals surface area contributed by atoms with E-state index in [1.807, 2.05) is 6.92 Å².